The summed E-state index contributed by atoms with van der Waals surface area (Å²) < 4.78 is 5.57. The topological polar surface area (TPSA) is 38.3 Å². The molecule has 0 unspecified atom stereocenters. The van der Waals surface area contributed by atoms with Gasteiger partial charge in [0.1, 0.15) is 5.75 Å². The van der Waals surface area contributed by atoms with Gasteiger partial charge in [0.15, 0.2) is 6.61 Å². The first-order valence-corrected chi connectivity index (χ1v) is 7.76. The zero-order valence-corrected chi connectivity index (χ0v) is 12.8. The normalized spacial score (nSPS) is 15.1. The van der Waals surface area contributed by atoms with Crippen LogP contribution in [0.4, 0.5) is 0 Å². The monoisotopic (exact) mass is 295 g/mol. The molecule has 3 nitrogen and oxygen atoms in total. The molecular weight excluding hydrogens is 274 g/mol. The van der Waals surface area contributed by atoms with E-state index in [0.717, 1.165) is 11.3 Å². The summed E-state index contributed by atoms with van der Waals surface area (Å²) in [5, 5.41) is 3.12. The van der Waals surface area contributed by atoms with Gasteiger partial charge in [0.25, 0.3) is 5.91 Å². The number of nitrogens with one attached hydrogen (secondary N) is 1. The van der Waals surface area contributed by atoms with Crippen LogP contribution in [0.5, 0.6) is 5.75 Å². The summed E-state index contributed by atoms with van der Waals surface area (Å²) >= 11 is 0. The van der Waals surface area contributed by atoms with Gasteiger partial charge in [-0.25, -0.2) is 0 Å². The summed E-state index contributed by atoms with van der Waals surface area (Å²) in [5.41, 5.74) is 2.30. The van der Waals surface area contributed by atoms with Gasteiger partial charge in [-0.15, -0.1) is 0 Å². The molecule has 0 heterocycles. The van der Waals surface area contributed by atoms with Crippen molar-refractivity contribution in [3.8, 4) is 5.75 Å². The highest BCUT2D eigenvalue weighted by atomic mass is 16.5. The van der Waals surface area contributed by atoms with Crippen molar-refractivity contribution in [2.24, 2.45) is 5.92 Å². The van der Waals surface area contributed by atoms with Gasteiger partial charge in [0.2, 0.25) is 0 Å². The lowest BCUT2D eigenvalue weighted by molar-refractivity contribution is -0.124. The van der Waals surface area contributed by atoms with Crippen LogP contribution in [-0.4, -0.2) is 12.5 Å². The van der Waals surface area contributed by atoms with E-state index in [2.05, 4.69) is 17.4 Å². The summed E-state index contributed by atoms with van der Waals surface area (Å²) in [6.45, 7) is 2.06. The quantitative estimate of drug-likeness (QED) is 0.883. The number of carbonyl (C=O) groups excluding carboxylic acids is 1. The molecule has 22 heavy (non-hydrogen) atoms. The number of rotatable bonds is 6. The van der Waals surface area contributed by atoms with Crippen LogP contribution < -0.4 is 10.1 Å². The van der Waals surface area contributed by atoms with Crippen LogP contribution in [0.3, 0.4) is 0 Å². The van der Waals surface area contributed by atoms with Crippen molar-refractivity contribution < 1.29 is 9.53 Å². The third kappa shape index (κ3) is 3.88. The molecule has 0 spiro atoms. The summed E-state index contributed by atoms with van der Waals surface area (Å²) in [6.07, 6.45) is 2.36. The van der Waals surface area contributed by atoms with Gasteiger partial charge in [-0.2, -0.15) is 0 Å². The summed E-state index contributed by atoms with van der Waals surface area (Å²) in [7, 11) is 0. The van der Waals surface area contributed by atoms with Crippen LogP contribution in [-0.2, 0) is 4.79 Å². The minimum absolute atomic E-state index is 0.0551. The Labute approximate surface area is 131 Å². The molecule has 2 aromatic rings. The second-order valence-electron chi connectivity index (χ2n) is 5.90. The van der Waals surface area contributed by atoms with Gasteiger partial charge < -0.3 is 10.1 Å². The third-order valence-electron chi connectivity index (χ3n) is 3.93. The molecule has 114 valence electrons. The number of aryl methyl sites for hydroxylation is 1. The molecule has 3 heteroatoms. The largest absolute Gasteiger partial charge is 0.484 e. The van der Waals surface area contributed by atoms with Gasteiger partial charge in [-0.3, -0.25) is 4.79 Å². The summed E-state index contributed by atoms with van der Waals surface area (Å²) in [5.74, 6) is 1.23. The fraction of sp³-hybridized carbons (Fsp3) is 0.316. The van der Waals surface area contributed by atoms with E-state index in [1.54, 1.807) is 0 Å². The molecule has 1 fully saturated rings. The van der Waals surface area contributed by atoms with E-state index < -0.39 is 0 Å². The molecule has 0 aromatic heterocycles. The summed E-state index contributed by atoms with van der Waals surface area (Å²) in [4.78, 5) is 12.2. The van der Waals surface area contributed by atoms with E-state index >= 15 is 0 Å². The first kappa shape index (κ1) is 14.6. The van der Waals surface area contributed by atoms with E-state index in [1.165, 1.54) is 18.4 Å². The number of amides is 1. The van der Waals surface area contributed by atoms with E-state index in [-0.39, 0.29) is 18.6 Å². The Balaban J connectivity index is 1.58. The number of hydrogen-bond donors (Lipinski definition) is 1. The Morgan fingerprint density at radius 2 is 1.95 bits per heavy atom. The smallest absolute Gasteiger partial charge is 0.258 e. The average molecular weight is 295 g/mol. The number of benzene rings is 2. The maximum Gasteiger partial charge on any atom is 0.258 e. The van der Waals surface area contributed by atoms with Crippen molar-refractivity contribution in [1.29, 1.82) is 0 Å². The third-order valence-corrected chi connectivity index (χ3v) is 3.93. The fourth-order valence-corrected chi connectivity index (χ4v) is 2.63. The lowest BCUT2D eigenvalue weighted by Gasteiger charge is -2.19. The van der Waals surface area contributed by atoms with Gasteiger partial charge in [0, 0.05) is 0 Å². The molecule has 0 aliphatic heterocycles. The molecule has 1 saturated carbocycles. The molecule has 1 aliphatic carbocycles. The van der Waals surface area contributed by atoms with Crippen LogP contribution in [0.1, 0.15) is 30.0 Å². The van der Waals surface area contributed by atoms with Crippen LogP contribution >= 0.6 is 0 Å². The second-order valence-corrected chi connectivity index (χ2v) is 5.90. The van der Waals surface area contributed by atoms with E-state index in [0.29, 0.717) is 5.92 Å². The molecule has 1 N–H and O–H groups in total. The highest BCUT2D eigenvalue weighted by Crippen LogP contribution is 2.40. The molecule has 0 bridgehead atoms. The van der Waals surface area contributed by atoms with E-state index in [1.807, 2.05) is 49.4 Å². The Bertz CT molecular complexity index is 635. The highest BCUT2D eigenvalue weighted by Gasteiger charge is 2.33. The molecule has 0 radical (unpaired) electrons. The zero-order chi connectivity index (χ0) is 15.4. The predicted octanol–water partition coefficient (Wildman–Crippen LogP) is 3.64. The van der Waals surface area contributed by atoms with Crippen molar-refractivity contribution in [2.75, 3.05) is 6.61 Å². The van der Waals surface area contributed by atoms with Crippen molar-refractivity contribution >= 4 is 5.91 Å². The first-order chi connectivity index (χ1) is 10.7. The fourth-order valence-electron chi connectivity index (χ4n) is 2.63. The zero-order valence-electron chi connectivity index (χ0n) is 12.8. The maximum atomic E-state index is 12.2. The molecule has 0 saturated heterocycles. The first-order valence-electron chi connectivity index (χ1n) is 7.76. The lowest BCUT2D eigenvalue weighted by Crippen LogP contribution is -2.33. The van der Waals surface area contributed by atoms with Crippen molar-refractivity contribution in [2.45, 2.75) is 25.8 Å². The molecule has 3 rings (SSSR count). The van der Waals surface area contributed by atoms with E-state index in [9.17, 15) is 4.79 Å². The molecule has 1 amide bonds. The summed E-state index contributed by atoms with van der Waals surface area (Å²) in [6, 6.07) is 18.0. The lowest BCUT2D eigenvalue weighted by atomic mass is 10.0. The highest BCUT2D eigenvalue weighted by molar-refractivity contribution is 5.78. The SMILES string of the molecule is Cc1cccc(OCC(=O)N[C@H](c2ccccc2)C2CC2)c1. The number of hydrogen-bond acceptors (Lipinski definition) is 2. The van der Waals surface area contributed by atoms with Gasteiger partial charge in [-0.05, 0) is 48.9 Å². The van der Waals surface area contributed by atoms with Crippen LogP contribution in [0, 0.1) is 12.8 Å². The van der Waals surface area contributed by atoms with Crippen molar-refractivity contribution in [3.05, 3.63) is 65.7 Å². The van der Waals surface area contributed by atoms with Gasteiger partial charge in [0.05, 0.1) is 6.04 Å². The minimum Gasteiger partial charge on any atom is -0.484 e. The standard InChI is InChI=1S/C19H21NO2/c1-14-6-5-9-17(12-14)22-13-18(21)20-19(16-10-11-16)15-7-3-2-4-8-15/h2-9,12,16,19H,10-11,13H2,1H3,(H,20,21)/t19-/m1/s1. The second kappa shape index (κ2) is 6.65. The predicted molar refractivity (Wildman–Crippen MR) is 86.7 cm³/mol. The van der Waals surface area contributed by atoms with E-state index in [4.69, 9.17) is 4.74 Å². The molecule has 1 aliphatic rings. The van der Waals surface area contributed by atoms with Crippen molar-refractivity contribution in [3.63, 3.8) is 0 Å². The van der Waals surface area contributed by atoms with Gasteiger partial charge >= 0.3 is 0 Å². The van der Waals surface area contributed by atoms with Crippen LogP contribution in [0.2, 0.25) is 0 Å². The Morgan fingerprint density at radius 1 is 1.18 bits per heavy atom. The molecular formula is C19H21NO2. The van der Waals surface area contributed by atoms with Crippen LogP contribution in [0.25, 0.3) is 0 Å². The Hall–Kier alpha value is -2.29. The Kier molecular flexibility index (Phi) is 4.42. The number of ether oxygens (including phenoxy) is 1. The Morgan fingerprint density at radius 3 is 2.64 bits per heavy atom. The van der Waals surface area contributed by atoms with Crippen LogP contribution in [0.15, 0.2) is 54.6 Å². The number of carbonyl (C=O) groups is 1. The average Bonchev–Trinajstić information content (AvgIpc) is 3.36. The minimum atomic E-state index is -0.0674. The maximum absolute atomic E-state index is 12.2. The van der Waals surface area contributed by atoms with Gasteiger partial charge in [-0.1, -0.05) is 42.5 Å². The molecule has 1 atom stereocenters. The van der Waals surface area contributed by atoms with Crippen molar-refractivity contribution in [1.82, 2.24) is 5.32 Å². The molecule has 2 aromatic carbocycles.